The fourth-order valence-corrected chi connectivity index (χ4v) is 3.40. The Kier molecular flexibility index (Phi) is 10.9. The predicted octanol–water partition coefficient (Wildman–Crippen LogP) is 2.82. The topological polar surface area (TPSA) is 87.0 Å². The summed E-state index contributed by atoms with van der Waals surface area (Å²) < 4.78 is 7.27. The van der Waals surface area contributed by atoms with Crippen LogP contribution in [0.5, 0.6) is 0 Å². The third-order valence-electron chi connectivity index (χ3n) is 5.24. The standard InChI is InChI=1S/C21H39N7O2.HI/c1-16(27(7)20(29)30-21(2,3)4)10-11-23-19(22-5)25-17-9-8-12-28(14-17)18-13-24-26(6)15-18;/h13,15-17H,8-12,14H2,1-7H3,(H2,22,23,25);1H. The molecule has 1 aromatic rings. The molecule has 2 atom stereocenters. The van der Waals surface area contributed by atoms with Gasteiger partial charge < -0.3 is 25.2 Å². The molecule has 0 saturated carbocycles. The van der Waals surface area contributed by atoms with Crippen LogP contribution in [0.25, 0.3) is 0 Å². The molecule has 2 N–H and O–H groups in total. The number of hydrogen-bond acceptors (Lipinski definition) is 5. The van der Waals surface area contributed by atoms with E-state index in [1.54, 1.807) is 19.0 Å². The van der Waals surface area contributed by atoms with Crippen LogP contribution in [0.3, 0.4) is 0 Å². The summed E-state index contributed by atoms with van der Waals surface area (Å²) in [5, 5.41) is 11.2. The average Bonchev–Trinajstić information content (AvgIpc) is 3.11. The first-order valence-corrected chi connectivity index (χ1v) is 10.8. The van der Waals surface area contributed by atoms with Crippen LogP contribution in [0.2, 0.25) is 0 Å². The summed E-state index contributed by atoms with van der Waals surface area (Å²) in [6.45, 7) is 10.3. The molecule has 10 heteroatoms. The minimum Gasteiger partial charge on any atom is -0.444 e. The highest BCUT2D eigenvalue weighted by molar-refractivity contribution is 14.0. The maximum Gasteiger partial charge on any atom is 0.410 e. The van der Waals surface area contributed by atoms with Gasteiger partial charge in [0.15, 0.2) is 5.96 Å². The summed E-state index contributed by atoms with van der Waals surface area (Å²) in [4.78, 5) is 20.6. The van der Waals surface area contributed by atoms with Crippen molar-refractivity contribution in [1.29, 1.82) is 0 Å². The summed E-state index contributed by atoms with van der Waals surface area (Å²) in [6.07, 6.45) is 6.70. The van der Waals surface area contributed by atoms with Crippen molar-refractivity contribution in [2.24, 2.45) is 12.0 Å². The Labute approximate surface area is 204 Å². The zero-order valence-electron chi connectivity index (χ0n) is 20.0. The Balaban J connectivity index is 0.00000480. The molecule has 0 spiro atoms. The van der Waals surface area contributed by atoms with Crippen LogP contribution < -0.4 is 15.5 Å². The van der Waals surface area contributed by atoms with Gasteiger partial charge in [0.25, 0.3) is 0 Å². The molecule has 1 aliphatic heterocycles. The number of aromatic nitrogens is 2. The monoisotopic (exact) mass is 549 g/mol. The first-order chi connectivity index (χ1) is 14.1. The molecule has 1 aliphatic rings. The number of anilines is 1. The van der Waals surface area contributed by atoms with Crippen LogP contribution in [0.15, 0.2) is 17.4 Å². The quantitative estimate of drug-likeness (QED) is 0.323. The summed E-state index contributed by atoms with van der Waals surface area (Å²) >= 11 is 0. The van der Waals surface area contributed by atoms with Crippen LogP contribution in [0, 0.1) is 0 Å². The number of amides is 1. The largest absolute Gasteiger partial charge is 0.444 e. The van der Waals surface area contributed by atoms with E-state index in [0.717, 1.165) is 44.0 Å². The van der Waals surface area contributed by atoms with Gasteiger partial charge >= 0.3 is 6.09 Å². The van der Waals surface area contributed by atoms with Gasteiger partial charge in [-0.05, 0) is 47.0 Å². The number of rotatable bonds is 6. The first kappa shape index (κ1) is 27.3. The first-order valence-electron chi connectivity index (χ1n) is 10.8. The molecule has 1 amide bonds. The van der Waals surface area contributed by atoms with Gasteiger partial charge in [0, 0.05) is 59.1 Å². The van der Waals surface area contributed by atoms with Gasteiger partial charge in [0.1, 0.15) is 5.60 Å². The molecule has 2 rings (SSSR count). The molecule has 31 heavy (non-hydrogen) atoms. The van der Waals surface area contributed by atoms with E-state index in [1.165, 1.54) is 0 Å². The third kappa shape index (κ3) is 9.12. The van der Waals surface area contributed by atoms with E-state index in [9.17, 15) is 4.79 Å². The van der Waals surface area contributed by atoms with Crippen LogP contribution in [-0.4, -0.2) is 78.1 Å². The lowest BCUT2D eigenvalue weighted by atomic mass is 10.1. The zero-order valence-corrected chi connectivity index (χ0v) is 22.3. The molecule has 2 heterocycles. The Morgan fingerprint density at radius 1 is 1.45 bits per heavy atom. The van der Waals surface area contributed by atoms with Gasteiger partial charge in [-0.15, -0.1) is 24.0 Å². The predicted molar refractivity (Wildman–Crippen MR) is 136 cm³/mol. The van der Waals surface area contributed by atoms with Gasteiger partial charge in [0.05, 0.1) is 11.9 Å². The van der Waals surface area contributed by atoms with Crippen molar-refractivity contribution in [3.05, 3.63) is 12.4 Å². The maximum atomic E-state index is 12.2. The number of halogens is 1. The number of aryl methyl sites for hydroxylation is 1. The van der Waals surface area contributed by atoms with Crippen LogP contribution >= 0.6 is 24.0 Å². The van der Waals surface area contributed by atoms with E-state index >= 15 is 0 Å². The molecule has 0 aliphatic carbocycles. The van der Waals surface area contributed by atoms with E-state index in [4.69, 9.17) is 4.74 Å². The highest BCUT2D eigenvalue weighted by Gasteiger charge is 2.24. The maximum absolute atomic E-state index is 12.2. The molecular weight excluding hydrogens is 509 g/mol. The lowest BCUT2D eigenvalue weighted by Crippen LogP contribution is -2.51. The average molecular weight is 550 g/mol. The number of carbonyl (C=O) groups excluding carboxylic acids is 1. The Hall–Kier alpha value is -1.72. The molecule has 1 fully saturated rings. The lowest BCUT2D eigenvalue weighted by molar-refractivity contribution is 0.0230. The molecular formula is C21H40IN7O2. The van der Waals surface area contributed by atoms with Crippen molar-refractivity contribution in [2.45, 2.75) is 64.6 Å². The number of ether oxygens (including phenoxy) is 1. The molecule has 1 saturated heterocycles. The molecule has 9 nitrogen and oxygen atoms in total. The summed E-state index contributed by atoms with van der Waals surface area (Å²) in [7, 11) is 5.50. The Morgan fingerprint density at radius 2 is 2.16 bits per heavy atom. The van der Waals surface area contributed by atoms with Crippen molar-refractivity contribution < 1.29 is 9.53 Å². The SMILES string of the molecule is CN=C(NCCC(C)N(C)C(=O)OC(C)(C)C)NC1CCCN(c2cnn(C)c2)C1.I. The van der Waals surface area contributed by atoms with Crippen molar-refractivity contribution in [1.82, 2.24) is 25.3 Å². The van der Waals surface area contributed by atoms with Gasteiger partial charge in [-0.3, -0.25) is 9.67 Å². The van der Waals surface area contributed by atoms with Crippen molar-refractivity contribution in [3.8, 4) is 0 Å². The van der Waals surface area contributed by atoms with Crippen LogP contribution in [-0.2, 0) is 11.8 Å². The number of nitrogens with zero attached hydrogens (tertiary/aromatic N) is 5. The van der Waals surface area contributed by atoms with Gasteiger partial charge in [-0.1, -0.05) is 0 Å². The molecule has 1 aromatic heterocycles. The van der Waals surface area contributed by atoms with E-state index in [-0.39, 0.29) is 36.1 Å². The highest BCUT2D eigenvalue weighted by atomic mass is 127. The molecule has 2 unspecified atom stereocenters. The van der Waals surface area contributed by atoms with Crippen LogP contribution in [0.1, 0.15) is 47.0 Å². The molecule has 0 radical (unpaired) electrons. The van der Waals surface area contributed by atoms with E-state index in [0.29, 0.717) is 12.6 Å². The van der Waals surface area contributed by atoms with Crippen molar-refractivity contribution >= 4 is 41.7 Å². The summed E-state index contributed by atoms with van der Waals surface area (Å²) in [5.41, 5.74) is 0.671. The van der Waals surface area contributed by atoms with E-state index in [1.807, 2.05) is 45.6 Å². The minimum absolute atomic E-state index is 0. The number of hydrogen-bond donors (Lipinski definition) is 2. The van der Waals surface area contributed by atoms with Crippen molar-refractivity contribution in [2.75, 3.05) is 38.6 Å². The fraction of sp³-hybridized carbons (Fsp3) is 0.762. The number of aliphatic imine (C=N–C) groups is 1. The molecule has 0 aromatic carbocycles. The summed E-state index contributed by atoms with van der Waals surface area (Å²) in [5.74, 6) is 0.792. The minimum atomic E-state index is -0.487. The highest BCUT2D eigenvalue weighted by Crippen LogP contribution is 2.19. The van der Waals surface area contributed by atoms with Gasteiger partial charge in [-0.2, -0.15) is 5.10 Å². The second-order valence-electron chi connectivity index (χ2n) is 9.03. The number of nitrogens with one attached hydrogen (secondary N) is 2. The van der Waals surface area contributed by atoms with Gasteiger partial charge in [0.2, 0.25) is 0 Å². The number of carbonyl (C=O) groups is 1. The van der Waals surface area contributed by atoms with Crippen LogP contribution in [0.4, 0.5) is 10.5 Å². The second-order valence-corrected chi connectivity index (χ2v) is 9.03. The third-order valence-corrected chi connectivity index (χ3v) is 5.24. The normalized spacial score (nSPS) is 18.1. The zero-order chi connectivity index (χ0) is 22.3. The second kappa shape index (κ2) is 12.4. The fourth-order valence-electron chi connectivity index (χ4n) is 3.40. The smallest absolute Gasteiger partial charge is 0.410 e. The van der Waals surface area contributed by atoms with E-state index in [2.05, 4.69) is 31.8 Å². The molecule has 0 bridgehead atoms. The number of piperidine rings is 1. The molecule has 178 valence electrons. The summed E-state index contributed by atoms with van der Waals surface area (Å²) in [6, 6.07) is 0.383. The number of guanidine groups is 1. The van der Waals surface area contributed by atoms with Crippen molar-refractivity contribution in [3.63, 3.8) is 0 Å². The van der Waals surface area contributed by atoms with E-state index < -0.39 is 5.60 Å². The van der Waals surface area contributed by atoms with Gasteiger partial charge in [-0.25, -0.2) is 4.79 Å². The lowest BCUT2D eigenvalue weighted by Gasteiger charge is -2.34. The Morgan fingerprint density at radius 3 is 2.74 bits per heavy atom. The Bertz CT molecular complexity index is 717.